The Morgan fingerprint density at radius 2 is 2.17 bits per heavy atom. The van der Waals surface area contributed by atoms with Gasteiger partial charge in [0.15, 0.2) is 0 Å². The molecule has 2 rings (SSSR count). The summed E-state index contributed by atoms with van der Waals surface area (Å²) in [5.74, 6) is -0.101. The molecule has 0 aliphatic carbocycles. The van der Waals surface area contributed by atoms with E-state index in [1.807, 2.05) is 0 Å². The summed E-state index contributed by atoms with van der Waals surface area (Å²) in [6.45, 7) is 1.78. The summed E-state index contributed by atoms with van der Waals surface area (Å²) < 4.78 is 18.8. The molecule has 2 aromatic rings. The Morgan fingerprint density at radius 3 is 2.87 bits per heavy atom. The first-order valence-electron chi connectivity index (χ1n) is 7.16. The number of benzene rings is 1. The van der Waals surface area contributed by atoms with Crippen LogP contribution >= 0.6 is 11.6 Å². The highest BCUT2D eigenvalue weighted by Gasteiger charge is 2.16. The minimum atomic E-state index is -0.800. The van der Waals surface area contributed by atoms with Crippen molar-refractivity contribution in [3.8, 4) is 0 Å². The molecule has 0 bridgehead atoms. The van der Waals surface area contributed by atoms with E-state index in [0.717, 1.165) is 0 Å². The van der Waals surface area contributed by atoms with Crippen molar-refractivity contribution in [2.45, 2.75) is 32.0 Å². The van der Waals surface area contributed by atoms with E-state index < -0.39 is 18.0 Å². The summed E-state index contributed by atoms with van der Waals surface area (Å²) in [6.07, 6.45) is 0.973. The molecule has 0 saturated heterocycles. The van der Waals surface area contributed by atoms with Gasteiger partial charge in [-0.15, -0.1) is 0 Å². The molecule has 1 heterocycles. The van der Waals surface area contributed by atoms with Crippen LogP contribution in [0, 0.1) is 5.82 Å². The lowest BCUT2D eigenvalue weighted by atomic mass is 10.1. The monoisotopic (exact) mass is 340 g/mol. The van der Waals surface area contributed by atoms with Crippen molar-refractivity contribution in [3.63, 3.8) is 0 Å². The molecule has 1 aromatic carbocycles. The van der Waals surface area contributed by atoms with Crippen LogP contribution in [0.15, 0.2) is 41.0 Å². The standard InChI is InChI=1S/C16H18ClFN2O3/c1-10(8-13(21)14-6-3-7-23-14)20-16(22)19-9-11-4-2-5-12(17)15(11)18/h2-7,10,13,21H,8-9H2,1H3,(H2,19,20,22). The lowest BCUT2D eigenvalue weighted by Crippen LogP contribution is -2.41. The maximum Gasteiger partial charge on any atom is 0.315 e. The number of carbonyl (C=O) groups is 1. The number of aliphatic hydroxyl groups excluding tert-OH is 1. The topological polar surface area (TPSA) is 74.5 Å². The Kier molecular flexibility index (Phi) is 6.01. The number of aliphatic hydroxyl groups is 1. The van der Waals surface area contributed by atoms with Crippen LogP contribution in [0.5, 0.6) is 0 Å². The van der Waals surface area contributed by atoms with Crippen LogP contribution < -0.4 is 10.6 Å². The highest BCUT2D eigenvalue weighted by atomic mass is 35.5. The quantitative estimate of drug-likeness (QED) is 0.754. The van der Waals surface area contributed by atoms with Gasteiger partial charge in [-0.25, -0.2) is 9.18 Å². The minimum absolute atomic E-state index is 0.0136. The predicted molar refractivity (Wildman–Crippen MR) is 84.5 cm³/mol. The molecule has 5 nitrogen and oxygen atoms in total. The lowest BCUT2D eigenvalue weighted by molar-refractivity contribution is 0.129. The fraction of sp³-hybridized carbons (Fsp3) is 0.312. The molecule has 0 spiro atoms. The first-order chi connectivity index (χ1) is 11.0. The molecule has 2 unspecified atom stereocenters. The molecular formula is C16H18ClFN2O3. The molecule has 0 saturated carbocycles. The zero-order valence-corrected chi connectivity index (χ0v) is 13.3. The molecule has 3 N–H and O–H groups in total. The number of nitrogens with one attached hydrogen (secondary N) is 2. The summed E-state index contributed by atoms with van der Waals surface area (Å²) in [5, 5.41) is 15.2. The van der Waals surface area contributed by atoms with Crippen molar-refractivity contribution in [3.05, 3.63) is 58.8 Å². The fourth-order valence-electron chi connectivity index (χ4n) is 2.13. The summed E-state index contributed by atoms with van der Waals surface area (Å²) in [4.78, 5) is 11.8. The van der Waals surface area contributed by atoms with Gasteiger partial charge in [-0.1, -0.05) is 23.7 Å². The number of carbonyl (C=O) groups excluding carboxylic acids is 1. The van der Waals surface area contributed by atoms with Gasteiger partial charge < -0.3 is 20.2 Å². The molecule has 0 aliphatic rings. The highest BCUT2D eigenvalue weighted by molar-refractivity contribution is 6.30. The van der Waals surface area contributed by atoms with E-state index in [9.17, 15) is 14.3 Å². The number of halogens is 2. The molecule has 1 aromatic heterocycles. The number of hydrogen-bond donors (Lipinski definition) is 3. The van der Waals surface area contributed by atoms with E-state index in [1.165, 1.54) is 12.3 Å². The normalized spacial score (nSPS) is 13.4. The molecule has 0 radical (unpaired) electrons. The molecular weight excluding hydrogens is 323 g/mol. The molecule has 0 fully saturated rings. The third-order valence-corrected chi connectivity index (χ3v) is 3.59. The zero-order valence-electron chi connectivity index (χ0n) is 12.6. The predicted octanol–water partition coefficient (Wildman–Crippen LogP) is 3.38. The van der Waals surface area contributed by atoms with Crippen molar-refractivity contribution in [1.82, 2.24) is 10.6 Å². The Hall–Kier alpha value is -2.05. The van der Waals surface area contributed by atoms with E-state index in [1.54, 1.807) is 31.2 Å². The SMILES string of the molecule is CC(CC(O)c1ccco1)NC(=O)NCc1cccc(Cl)c1F. The number of rotatable bonds is 6. The summed E-state index contributed by atoms with van der Waals surface area (Å²) in [5.41, 5.74) is 0.302. The molecule has 7 heteroatoms. The third-order valence-electron chi connectivity index (χ3n) is 3.30. The first kappa shape index (κ1) is 17.3. The van der Waals surface area contributed by atoms with Gasteiger partial charge in [0.1, 0.15) is 17.7 Å². The Balaban J connectivity index is 1.79. The average molecular weight is 341 g/mol. The van der Waals surface area contributed by atoms with Crippen LogP contribution in [0.25, 0.3) is 0 Å². The van der Waals surface area contributed by atoms with Crippen molar-refractivity contribution in [1.29, 1.82) is 0 Å². The van der Waals surface area contributed by atoms with Gasteiger partial charge in [0.05, 0.1) is 11.3 Å². The molecule has 2 atom stereocenters. The number of amides is 2. The lowest BCUT2D eigenvalue weighted by Gasteiger charge is -2.17. The second-order valence-electron chi connectivity index (χ2n) is 5.21. The summed E-state index contributed by atoms with van der Waals surface area (Å²) in [6, 6.07) is 7.21. The Morgan fingerprint density at radius 1 is 1.39 bits per heavy atom. The number of hydrogen-bond acceptors (Lipinski definition) is 3. The van der Waals surface area contributed by atoms with Gasteiger partial charge in [0, 0.05) is 24.6 Å². The van der Waals surface area contributed by atoms with Gasteiger partial charge in [0.25, 0.3) is 0 Å². The molecule has 23 heavy (non-hydrogen) atoms. The van der Waals surface area contributed by atoms with Crippen molar-refractivity contribution in [2.75, 3.05) is 0 Å². The fourth-order valence-corrected chi connectivity index (χ4v) is 2.32. The van der Waals surface area contributed by atoms with E-state index in [0.29, 0.717) is 17.7 Å². The molecule has 0 aliphatic heterocycles. The largest absolute Gasteiger partial charge is 0.467 e. The van der Waals surface area contributed by atoms with Gasteiger partial charge in [-0.3, -0.25) is 0 Å². The average Bonchev–Trinajstić information content (AvgIpc) is 3.03. The van der Waals surface area contributed by atoms with Gasteiger partial charge in [0.2, 0.25) is 0 Å². The summed E-state index contributed by atoms with van der Waals surface area (Å²) in [7, 11) is 0. The van der Waals surface area contributed by atoms with Gasteiger partial charge in [-0.05, 0) is 25.1 Å². The maximum absolute atomic E-state index is 13.7. The van der Waals surface area contributed by atoms with Crippen molar-refractivity contribution >= 4 is 17.6 Å². The van der Waals surface area contributed by atoms with E-state index in [-0.39, 0.29) is 17.6 Å². The van der Waals surface area contributed by atoms with Gasteiger partial charge in [-0.2, -0.15) is 0 Å². The van der Waals surface area contributed by atoms with Crippen LogP contribution in [0.4, 0.5) is 9.18 Å². The van der Waals surface area contributed by atoms with Crippen molar-refractivity contribution < 1.29 is 18.7 Å². The Labute approximate surface area is 138 Å². The first-order valence-corrected chi connectivity index (χ1v) is 7.54. The number of furan rings is 1. The Bertz CT molecular complexity index is 649. The van der Waals surface area contributed by atoms with E-state index in [4.69, 9.17) is 16.0 Å². The number of urea groups is 1. The minimum Gasteiger partial charge on any atom is -0.467 e. The maximum atomic E-state index is 13.7. The van der Waals surface area contributed by atoms with Crippen molar-refractivity contribution in [2.24, 2.45) is 0 Å². The van der Waals surface area contributed by atoms with Crippen LogP contribution in [0.3, 0.4) is 0 Å². The van der Waals surface area contributed by atoms with Crippen LogP contribution in [0.2, 0.25) is 5.02 Å². The van der Waals surface area contributed by atoms with Crippen LogP contribution in [0.1, 0.15) is 30.8 Å². The van der Waals surface area contributed by atoms with E-state index in [2.05, 4.69) is 10.6 Å². The van der Waals surface area contributed by atoms with E-state index >= 15 is 0 Å². The van der Waals surface area contributed by atoms with Gasteiger partial charge >= 0.3 is 6.03 Å². The highest BCUT2D eigenvalue weighted by Crippen LogP contribution is 2.19. The van der Waals surface area contributed by atoms with Crippen LogP contribution in [-0.2, 0) is 6.54 Å². The second-order valence-corrected chi connectivity index (χ2v) is 5.62. The molecule has 2 amide bonds. The third kappa shape index (κ3) is 4.97. The van der Waals surface area contributed by atoms with Crippen LogP contribution in [-0.4, -0.2) is 17.2 Å². The molecule has 124 valence electrons. The second kappa shape index (κ2) is 7.99. The smallest absolute Gasteiger partial charge is 0.315 e. The summed E-state index contributed by atoms with van der Waals surface area (Å²) >= 11 is 5.68. The zero-order chi connectivity index (χ0) is 16.8.